The molecule has 2 aromatic rings. The summed E-state index contributed by atoms with van der Waals surface area (Å²) in [7, 11) is 0. The molecule has 1 amide bonds. The van der Waals surface area contributed by atoms with Crippen molar-refractivity contribution in [2.24, 2.45) is 0 Å². The van der Waals surface area contributed by atoms with E-state index in [-0.39, 0.29) is 5.91 Å². The quantitative estimate of drug-likeness (QED) is 0.748. The van der Waals surface area contributed by atoms with Crippen LogP contribution < -0.4 is 10.2 Å². The fraction of sp³-hybridized carbons (Fsp3) is 0.316. The van der Waals surface area contributed by atoms with Crippen LogP contribution in [-0.2, 0) is 15.3 Å². The highest BCUT2D eigenvalue weighted by Crippen LogP contribution is 2.28. The summed E-state index contributed by atoms with van der Waals surface area (Å²) in [6.45, 7) is 3.30. The molecule has 4 nitrogen and oxygen atoms in total. The van der Waals surface area contributed by atoms with E-state index in [0.29, 0.717) is 21.6 Å². The van der Waals surface area contributed by atoms with Gasteiger partial charge in [-0.1, -0.05) is 29.3 Å². The van der Waals surface area contributed by atoms with Crippen LogP contribution in [0, 0.1) is 0 Å². The van der Waals surface area contributed by atoms with Gasteiger partial charge in [-0.3, -0.25) is 4.79 Å². The predicted molar refractivity (Wildman–Crippen MR) is 111 cm³/mol. The van der Waals surface area contributed by atoms with Gasteiger partial charge in [0.25, 0.3) is 0 Å². The van der Waals surface area contributed by atoms with Gasteiger partial charge in [0.05, 0.1) is 19.0 Å². The highest BCUT2D eigenvalue weighted by molar-refractivity contribution is 7.99. The summed E-state index contributed by atoms with van der Waals surface area (Å²) in [5.41, 5.74) is 2.81. The van der Waals surface area contributed by atoms with Crippen molar-refractivity contribution in [1.82, 2.24) is 0 Å². The summed E-state index contributed by atoms with van der Waals surface area (Å²) < 4.78 is 5.36. The molecule has 0 atom stereocenters. The summed E-state index contributed by atoms with van der Waals surface area (Å²) in [6.07, 6.45) is 0. The molecule has 0 aromatic heterocycles. The molecule has 1 saturated heterocycles. The fourth-order valence-electron chi connectivity index (χ4n) is 2.69. The first-order valence-electron chi connectivity index (χ1n) is 8.37. The largest absolute Gasteiger partial charge is 0.378 e. The van der Waals surface area contributed by atoms with Gasteiger partial charge in [-0.2, -0.15) is 0 Å². The molecule has 7 heteroatoms. The number of carbonyl (C=O) groups is 1. The van der Waals surface area contributed by atoms with E-state index in [4.69, 9.17) is 27.9 Å². The van der Waals surface area contributed by atoms with E-state index in [0.717, 1.165) is 43.2 Å². The second kappa shape index (κ2) is 9.51. The van der Waals surface area contributed by atoms with Gasteiger partial charge in [0, 0.05) is 40.3 Å². The van der Waals surface area contributed by atoms with Crippen LogP contribution in [0.15, 0.2) is 42.5 Å². The topological polar surface area (TPSA) is 41.6 Å². The van der Waals surface area contributed by atoms with Gasteiger partial charge in [-0.15, -0.1) is 11.8 Å². The Morgan fingerprint density at radius 3 is 2.38 bits per heavy atom. The van der Waals surface area contributed by atoms with Crippen molar-refractivity contribution in [3.63, 3.8) is 0 Å². The second-order valence-electron chi connectivity index (χ2n) is 5.89. The Morgan fingerprint density at radius 1 is 1.08 bits per heavy atom. The number of nitrogens with one attached hydrogen (secondary N) is 1. The van der Waals surface area contributed by atoms with Crippen molar-refractivity contribution in [3.05, 3.63) is 58.1 Å². The lowest BCUT2D eigenvalue weighted by Gasteiger charge is -2.28. The zero-order valence-corrected chi connectivity index (χ0v) is 16.5. The lowest BCUT2D eigenvalue weighted by atomic mass is 10.2. The predicted octanol–water partition coefficient (Wildman–Crippen LogP) is 4.70. The summed E-state index contributed by atoms with van der Waals surface area (Å²) in [6, 6.07) is 13.3. The number of anilines is 2. The van der Waals surface area contributed by atoms with Gasteiger partial charge in [0.2, 0.25) is 5.91 Å². The Kier molecular flexibility index (Phi) is 7.08. The third kappa shape index (κ3) is 5.30. The summed E-state index contributed by atoms with van der Waals surface area (Å²) in [5, 5.41) is 4.18. The highest BCUT2D eigenvalue weighted by atomic mass is 35.5. The molecule has 26 heavy (non-hydrogen) atoms. The van der Waals surface area contributed by atoms with Gasteiger partial charge in [0.1, 0.15) is 0 Å². The normalized spacial score (nSPS) is 14.3. The molecular weight excluding hydrogens is 391 g/mol. The molecule has 1 N–H and O–H groups in total. The molecule has 0 aliphatic carbocycles. The molecule has 138 valence electrons. The van der Waals surface area contributed by atoms with E-state index < -0.39 is 0 Å². The van der Waals surface area contributed by atoms with Crippen molar-refractivity contribution in [1.29, 1.82) is 0 Å². The highest BCUT2D eigenvalue weighted by Gasteiger charge is 2.11. The Morgan fingerprint density at radius 2 is 1.73 bits per heavy atom. The number of benzene rings is 2. The van der Waals surface area contributed by atoms with E-state index in [9.17, 15) is 4.79 Å². The van der Waals surface area contributed by atoms with E-state index in [1.165, 1.54) is 11.8 Å². The van der Waals surface area contributed by atoms with Crippen LogP contribution in [0.1, 0.15) is 5.56 Å². The molecule has 0 spiro atoms. The summed E-state index contributed by atoms with van der Waals surface area (Å²) >= 11 is 13.8. The van der Waals surface area contributed by atoms with Crippen molar-refractivity contribution in [3.8, 4) is 0 Å². The monoisotopic (exact) mass is 410 g/mol. The molecule has 1 fully saturated rings. The van der Waals surface area contributed by atoms with Crippen LogP contribution in [0.5, 0.6) is 0 Å². The maximum absolute atomic E-state index is 12.1. The van der Waals surface area contributed by atoms with E-state index in [1.54, 1.807) is 12.1 Å². The number of ether oxygens (including phenoxy) is 1. The smallest absolute Gasteiger partial charge is 0.234 e. The van der Waals surface area contributed by atoms with Crippen LogP contribution in [0.4, 0.5) is 11.4 Å². The van der Waals surface area contributed by atoms with Crippen molar-refractivity contribution >= 4 is 52.2 Å². The van der Waals surface area contributed by atoms with Crippen LogP contribution in [0.2, 0.25) is 10.0 Å². The molecule has 1 aliphatic rings. The van der Waals surface area contributed by atoms with Crippen molar-refractivity contribution < 1.29 is 9.53 Å². The molecule has 0 radical (unpaired) electrons. The minimum Gasteiger partial charge on any atom is -0.378 e. The Labute approximate surface area is 167 Å². The Hall–Kier alpha value is -1.40. The molecule has 0 saturated carbocycles. The number of hydrogen-bond donors (Lipinski definition) is 1. The first kappa shape index (κ1) is 19.4. The summed E-state index contributed by atoms with van der Waals surface area (Å²) in [5.74, 6) is 0.895. The lowest BCUT2D eigenvalue weighted by Crippen LogP contribution is -2.36. The molecular formula is C19H20Cl2N2O2S. The first-order valence-corrected chi connectivity index (χ1v) is 10.3. The first-order chi connectivity index (χ1) is 12.6. The van der Waals surface area contributed by atoms with Crippen LogP contribution in [0.25, 0.3) is 0 Å². The number of hydrogen-bond acceptors (Lipinski definition) is 4. The standard InChI is InChI=1S/C19H20Cl2N2O2S/c20-17-2-1-3-18(21)16(17)12-26-13-19(24)22-14-4-6-15(7-5-14)23-8-10-25-11-9-23/h1-7H,8-13H2,(H,22,24). The molecule has 3 rings (SSSR count). The summed E-state index contributed by atoms with van der Waals surface area (Å²) in [4.78, 5) is 14.4. The molecule has 0 unspecified atom stereocenters. The van der Waals surface area contributed by atoms with Crippen molar-refractivity contribution in [2.45, 2.75) is 5.75 Å². The third-order valence-corrected chi connectivity index (χ3v) is 5.74. The number of halogens is 2. The van der Waals surface area contributed by atoms with E-state index in [2.05, 4.69) is 10.2 Å². The van der Waals surface area contributed by atoms with E-state index in [1.807, 2.05) is 30.3 Å². The third-order valence-electron chi connectivity index (χ3n) is 4.07. The van der Waals surface area contributed by atoms with Gasteiger partial charge in [-0.05, 0) is 42.0 Å². The number of thioether (sulfide) groups is 1. The Balaban J connectivity index is 1.47. The number of morpholine rings is 1. The van der Waals surface area contributed by atoms with Gasteiger partial charge < -0.3 is 15.0 Å². The second-order valence-corrected chi connectivity index (χ2v) is 7.69. The van der Waals surface area contributed by atoms with Crippen LogP contribution in [-0.4, -0.2) is 38.0 Å². The fourth-order valence-corrected chi connectivity index (χ4v) is 4.25. The van der Waals surface area contributed by atoms with Gasteiger partial charge in [-0.25, -0.2) is 0 Å². The Bertz CT molecular complexity index is 729. The average Bonchev–Trinajstić information content (AvgIpc) is 2.65. The van der Waals surface area contributed by atoms with Crippen LogP contribution in [0.3, 0.4) is 0 Å². The number of carbonyl (C=O) groups excluding carboxylic acids is 1. The minimum absolute atomic E-state index is 0.0442. The van der Waals surface area contributed by atoms with Crippen LogP contribution >= 0.6 is 35.0 Å². The SMILES string of the molecule is O=C(CSCc1c(Cl)cccc1Cl)Nc1ccc(N2CCOCC2)cc1. The zero-order valence-electron chi connectivity index (χ0n) is 14.2. The average molecular weight is 411 g/mol. The number of nitrogens with zero attached hydrogens (tertiary/aromatic N) is 1. The van der Waals surface area contributed by atoms with E-state index >= 15 is 0 Å². The maximum Gasteiger partial charge on any atom is 0.234 e. The molecule has 2 aromatic carbocycles. The van der Waals surface area contributed by atoms with Gasteiger partial charge >= 0.3 is 0 Å². The molecule has 0 bridgehead atoms. The number of rotatable bonds is 6. The number of amides is 1. The molecule has 1 heterocycles. The minimum atomic E-state index is -0.0442. The lowest BCUT2D eigenvalue weighted by molar-refractivity contribution is -0.113. The zero-order chi connectivity index (χ0) is 18.4. The van der Waals surface area contributed by atoms with Crippen molar-refractivity contribution in [2.75, 3.05) is 42.3 Å². The maximum atomic E-state index is 12.1. The molecule has 1 aliphatic heterocycles. The van der Waals surface area contributed by atoms with Gasteiger partial charge in [0.15, 0.2) is 0 Å².